The largest absolute Gasteiger partial charge is 0.478 e. The van der Waals surface area contributed by atoms with Gasteiger partial charge in [-0.3, -0.25) is 5.43 Å². The summed E-state index contributed by atoms with van der Waals surface area (Å²) in [5.74, 6) is 1.14. The van der Waals surface area contributed by atoms with Gasteiger partial charge in [0.1, 0.15) is 0 Å². The SMILES string of the molecule is Cc1cccc(C=NNc2cc(N3CCOCC3)cc(OCCCC#N)n2)c1. The van der Waals surface area contributed by atoms with Gasteiger partial charge in [0.25, 0.3) is 0 Å². The first kappa shape index (κ1) is 19.6. The van der Waals surface area contributed by atoms with Crippen LogP contribution in [0.4, 0.5) is 11.5 Å². The molecule has 1 aromatic carbocycles. The monoisotopic (exact) mass is 379 g/mol. The average Bonchev–Trinajstić information content (AvgIpc) is 2.72. The van der Waals surface area contributed by atoms with Crippen molar-refractivity contribution in [1.82, 2.24) is 4.98 Å². The highest BCUT2D eigenvalue weighted by Gasteiger charge is 2.14. The number of morpholine rings is 1. The van der Waals surface area contributed by atoms with Gasteiger partial charge in [-0.1, -0.05) is 29.8 Å². The molecule has 7 heteroatoms. The van der Waals surface area contributed by atoms with Crippen LogP contribution < -0.4 is 15.1 Å². The van der Waals surface area contributed by atoms with E-state index in [1.165, 1.54) is 5.56 Å². The van der Waals surface area contributed by atoms with Gasteiger partial charge in [-0.05, 0) is 18.9 Å². The van der Waals surface area contributed by atoms with Gasteiger partial charge in [-0.2, -0.15) is 15.3 Å². The van der Waals surface area contributed by atoms with Crippen molar-refractivity contribution in [2.24, 2.45) is 5.10 Å². The second-order valence-electron chi connectivity index (χ2n) is 6.54. The number of nitrogens with one attached hydrogen (secondary N) is 1. The van der Waals surface area contributed by atoms with E-state index in [0.29, 0.717) is 44.4 Å². The molecule has 1 fully saturated rings. The second-order valence-corrected chi connectivity index (χ2v) is 6.54. The number of hydrogen-bond acceptors (Lipinski definition) is 7. The van der Waals surface area contributed by atoms with Crippen LogP contribution in [0.1, 0.15) is 24.0 Å². The first-order valence-electron chi connectivity index (χ1n) is 9.45. The third-order valence-electron chi connectivity index (χ3n) is 4.28. The van der Waals surface area contributed by atoms with Crippen molar-refractivity contribution in [2.75, 3.05) is 43.2 Å². The summed E-state index contributed by atoms with van der Waals surface area (Å²) < 4.78 is 11.2. The maximum absolute atomic E-state index is 8.66. The Bertz CT molecular complexity index is 841. The molecule has 0 bridgehead atoms. The van der Waals surface area contributed by atoms with Crippen molar-refractivity contribution >= 4 is 17.7 Å². The third kappa shape index (κ3) is 5.96. The number of anilines is 2. The zero-order valence-corrected chi connectivity index (χ0v) is 16.1. The van der Waals surface area contributed by atoms with E-state index in [1.807, 2.05) is 37.3 Å². The summed E-state index contributed by atoms with van der Waals surface area (Å²) >= 11 is 0. The number of aromatic nitrogens is 1. The van der Waals surface area contributed by atoms with Crippen molar-refractivity contribution < 1.29 is 9.47 Å². The fourth-order valence-corrected chi connectivity index (χ4v) is 2.88. The minimum atomic E-state index is 0.457. The lowest BCUT2D eigenvalue weighted by Gasteiger charge is -2.29. The number of pyridine rings is 1. The molecule has 0 aliphatic carbocycles. The molecule has 1 saturated heterocycles. The van der Waals surface area contributed by atoms with Gasteiger partial charge < -0.3 is 14.4 Å². The highest BCUT2D eigenvalue weighted by molar-refractivity contribution is 5.80. The van der Waals surface area contributed by atoms with Crippen LogP contribution >= 0.6 is 0 Å². The number of nitriles is 1. The van der Waals surface area contributed by atoms with Crippen LogP contribution in [0.2, 0.25) is 0 Å². The number of rotatable bonds is 8. The summed E-state index contributed by atoms with van der Waals surface area (Å²) in [6, 6.07) is 14.1. The average molecular weight is 379 g/mol. The van der Waals surface area contributed by atoms with Crippen LogP contribution in [0, 0.1) is 18.3 Å². The van der Waals surface area contributed by atoms with Crippen LogP contribution in [-0.2, 0) is 4.74 Å². The number of unbranched alkanes of at least 4 members (excludes halogenated alkanes) is 1. The van der Waals surface area contributed by atoms with Crippen LogP contribution in [-0.4, -0.2) is 44.1 Å². The maximum Gasteiger partial charge on any atom is 0.217 e. The lowest BCUT2D eigenvalue weighted by atomic mass is 10.2. The summed E-state index contributed by atoms with van der Waals surface area (Å²) in [6.07, 6.45) is 2.91. The van der Waals surface area contributed by atoms with E-state index in [9.17, 15) is 0 Å². The summed E-state index contributed by atoms with van der Waals surface area (Å²) in [5, 5.41) is 13.0. The van der Waals surface area contributed by atoms with Crippen molar-refractivity contribution in [1.29, 1.82) is 5.26 Å². The predicted molar refractivity (Wildman–Crippen MR) is 110 cm³/mol. The molecule has 0 spiro atoms. The van der Waals surface area contributed by atoms with Crippen LogP contribution in [0.15, 0.2) is 41.5 Å². The van der Waals surface area contributed by atoms with E-state index < -0.39 is 0 Å². The molecule has 2 heterocycles. The van der Waals surface area contributed by atoms with E-state index in [-0.39, 0.29) is 0 Å². The quantitative estimate of drug-likeness (QED) is 0.430. The highest BCUT2D eigenvalue weighted by Crippen LogP contribution is 2.25. The molecule has 1 N–H and O–H groups in total. The minimum absolute atomic E-state index is 0.457. The first-order chi connectivity index (χ1) is 13.7. The molecule has 0 atom stereocenters. The Kier molecular flexibility index (Phi) is 7.21. The summed E-state index contributed by atoms with van der Waals surface area (Å²) in [7, 11) is 0. The fourth-order valence-electron chi connectivity index (χ4n) is 2.88. The van der Waals surface area contributed by atoms with Crippen molar-refractivity contribution in [3.63, 3.8) is 0 Å². The molecule has 2 aromatic rings. The van der Waals surface area contributed by atoms with Crippen molar-refractivity contribution in [2.45, 2.75) is 19.8 Å². The van der Waals surface area contributed by atoms with Crippen LogP contribution in [0.5, 0.6) is 5.88 Å². The third-order valence-corrected chi connectivity index (χ3v) is 4.28. The Morgan fingerprint density at radius 2 is 2.18 bits per heavy atom. The highest BCUT2D eigenvalue weighted by atomic mass is 16.5. The molecular formula is C21H25N5O2. The smallest absolute Gasteiger partial charge is 0.217 e. The lowest BCUT2D eigenvalue weighted by Crippen LogP contribution is -2.36. The van der Waals surface area contributed by atoms with Crippen molar-refractivity contribution in [3.05, 3.63) is 47.5 Å². The number of hydrogen-bond donors (Lipinski definition) is 1. The normalized spacial score (nSPS) is 14.1. The molecule has 0 radical (unpaired) electrons. The Morgan fingerprint density at radius 3 is 2.96 bits per heavy atom. The molecule has 1 aromatic heterocycles. The van der Waals surface area contributed by atoms with Crippen LogP contribution in [0.3, 0.4) is 0 Å². The molecule has 146 valence electrons. The van der Waals surface area contributed by atoms with Crippen molar-refractivity contribution in [3.8, 4) is 11.9 Å². The molecule has 28 heavy (non-hydrogen) atoms. The number of nitrogens with zero attached hydrogens (tertiary/aromatic N) is 4. The van der Waals surface area contributed by atoms with Gasteiger partial charge >= 0.3 is 0 Å². The lowest BCUT2D eigenvalue weighted by molar-refractivity contribution is 0.122. The van der Waals surface area contributed by atoms with Gasteiger partial charge in [-0.25, -0.2) is 0 Å². The summed E-state index contributed by atoms with van der Waals surface area (Å²) in [4.78, 5) is 6.73. The topological polar surface area (TPSA) is 82.8 Å². The number of hydrazone groups is 1. The van der Waals surface area contributed by atoms with E-state index in [4.69, 9.17) is 14.7 Å². The molecule has 0 amide bonds. The Hall–Kier alpha value is -3.11. The fraction of sp³-hybridized carbons (Fsp3) is 0.381. The van der Waals surface area contributed by atoms with Gasteiger partial charge in [0.15, 0.2) is 5.82 Å². The van der Waals surface area contributed by atoms with Crippen LogP contribution in [0.25, 0.3) is 0 Å². The molecule has 0 saturated carbocycles. The number of benzene rings is 1. The zero-order valence-electron chi connectivity index (χ0n) is 16.1. The van der Waals surface area contributed by atoms with Gasteiger partial charge in [-0.15, -0.1) is 0 Å². The van der Waals surface area contributed by atoms with E-state index in [1.54, 1.807) is 6.21 Å². The summed E-state index contributed by atoms with van der Waals surface area (Å²) in [5.41, 5.74) is 6.22. The standard InChI is InChI=1S/C21H25N5O2/c1-17-5-4-6-18(13-17)16-23-25-20-14-19(26-8-11-27-12-9-26)15-21(24-20)28-10-3-2-7-22/h4-6,13-16H,2-3,8-12H2,1H3,(H,24,25). The molecule has 3 rings (SSSR count). The molecule has 1 aliphatic heterocycles. The molecule has 0 unspecified atom stereocenters. The second kappa shape index (κ2) is 10.3. The first-order valence-corrected chi connectivity index (χ1v) is 9.45. The zero-order chi connectivity index (χ0) is 19.6. The number of aryl methyl sites for hydroxylation is 1. The van der Waals surface area contributed by atoms with Gasteiger partial charge in [0, 0.05) is 37.3 Å². The Morgan fingerprint density at radius 1 is 1.32 bits per heavy atom. The summed E-state index contributed by atoms with van der Waals surface area (Å²) in [6.45, 7) is 5.56. The van der Waals surface area contributed by atoms with E-state index in [0.717, 1.165) is 24.3 Å². The van der Waals surface area contributed by atoms with E-state index >= 15 is 0 Å². The van der Waals surface area contributed by atoms with Gasteiger partial charge in [0.2, 0.25) is 5.88 Å². The molecule has 1 aliphatic rings. The maximum atomic E-state index is 8.66. The Labute approximate surface area is 165 Å². The predicted octanol–water partition coefficient (Wildman–Crippen LogP) is 3.36. The molecular weight excluding hydrogens is 354 g/mol. The van der Waals surface area contributed by atoms with Gasteiger partial charge in [0.05, 0.1) is 32.1 Å². The van der Waals surface area contributed by atoms with E-state index in [2.05, 4.69) is 32.5 Å². The minimum Gasteiger partial charge on any atom is -0.478 e. The number of ether oxygens (including phenoxy) is 2. The Balaban J connectivity index is 1.72. The molecule has 7 nitrogen and oxygen atoms in total.